The Morgan fingerprint density at radius 1 is 1.19 bits per heavy atom. The molecule has 1 aromatic carbocycles. The number of halogens is 1. The van der Waals surface area contributed by atoms with Crippen LogP contribution in [0.2, 0.25) is 0 Å². The van der Waals surface area contributed by atoms with Gasteiger partial charge in [-0.05, 0) is 55.8 Å². The zero-order chi connectivity index (χ0) is 19.0. The number of nitrogens with zero attached hydrogens (tertiary/aromatic N) is 2. The Balaban J connectivity index is 1.69. The van der Waals surface area contributed by atoms with Crippen LogP contribution >= 0.6 is 0 Å². The number of aromatic amines is 1. The molecule has 3 heterocycles. The number of hydrogen-bond donors (Lipinski definition) is 3. The Labute approximate surface area is 155 Å². The van der Waals surface area contributed by atoms with Gasteiger partial charge in [-0.15, -0.1) is 0 Å². The number of nitrogens with one attached hydrogen (secondary N) is 3. The molecule has 0 aliphatic carbocycles. The SMILES string of the molecule is CC1=CC(C)=C(NC(=O)c2ccnc3nc(-c4ccc(F)cc4)[nH]c23)CN1. The molecule has 0 saturated carbocycles. The van der Waals surface area contributed by atoms with Crippen molar-refractivity contribution in [3.8, 4) is 11.4 Å². The van der Waals surface area contributed by atoms with E-state index in [1.165, 1.54) is 12.1 Å². The van der Waals surface area contributed by atoms with Crippen molar-refractivity contribution in [2.24, 2.45) is 0 Å². The fraction of sp³-hybridized carbons (Fsp3) is 0.150. The molecule has 0 fully saturated rings. The van der Waals surface area contributed by atoms with Crippen molar-refractivity contribution >= 4 is 17.1 Å². The number of imidazole rings is 1. The monoisotopic (exact) mass is 363 g/mol. The molecule has 1 aliphatic rings. The van der Waals surface area contributed by atoms with Gasteiger partial charge >= 0.3 is 0 Å². The van der Waals surface area contributed by atoms with E-state index in [4.69, 9.17) is 0 Å². The van der Waals surface area contributed by atoms with Crippen molar-refractivity contribution in [1.29, 1.82) is 0 Å². The number of benzene rings is 1. The van der Waals surface area contributed by atoms with Crippen LogP contribution in [-0.4, -0.2) is 27.4 Å². The minimum Gasteiger partial charge on any atom is -0.383 e. The molecule has 0 unspecified atom stereocenters. The van der Waals surface area contributed by atoms with Crippen LogP contribution in [0.3, 0.4) is 0 Å². The Morgan fingerprint density at radius 3 is 2.70 bits per heavy atom. The average molecular weight is 363 g/mol. The van der Waals surface area contributed by atoms with E-state index in [1.54, 1.807) is 24.4 Å². The number of allylic oxidation sites excluding steroid dienone is 3. The molecule has 3 aromatic rings. The number of H-pyrrole nitrogens is 1. The molecule has 0 spiro atoms. The van der Waals surface area contributed by atoms with Gasteiger partial charge in [-0.1, -0.05) is 0 Å². The van der Waals surface area contributed by atoms with Gasteiger partial charge in [0.1, 0.15) is 11.6 Å². The number of dihydropyridines is 1. The van der Waals surface area contributed by atoms with E-state index in [1.807, 2.05) is 19.9 Å². The quantitative estimate of drug-likeness (QED) is 0.667. The van der Waals surface area contributed by atoms with Crippen LogP contribution < -0.4 is 10.6 Å². The fourth-order valence-corrected chi connectivity index (χ4v) is 3.02. The lowest BCUT2D eigenvalue weighted by molar-refractivity contribution is 0.0966. The van der Waals surface area contributed by atoms with Crippen LogP contribution in [0.5, 0.6) is 0 Å². The highest BCUT2D eigenvalue weighted by atomic mass is 19.1. The molecule has 0 atom stereocenters. The van der Waals surface area contributed by atoms with Crippen molar-refractivity contribution in [2.45, 2.75) is 13.8 Å². The summed E-state index contributed by atoms with van der Waals surface area (Å²) in [7, 11) is 0. The van der Waals surface area contributed by atoms with Crippen LogP contribution in [0, 0.1) is 5.82 Å². The number of amides is 1. The van der Waals surface area contributed by atoms with E-state index in [9.17, 15) is 9.18 Å². The number of hydrogen-bond acceptors (Lipinski definition) is 4. The van der Waals surface area contributed by atoms with E-state index in [0.717, 1.165) is 22.5 Å². The van der Waals surface area contributed by atoms with E-state index in [-0.39, 0.29) is 11.7 Å². The van der Waals surface area contributed by atoms with Crippen molar-refractivity contribution in [3.63, 3.8) is 0 Å². The van der Waals surface area contributed by atoms with Gasteiger partial charge in [0, 0.05) is 23.2 Å². The minimum absolute atomic E-state index is 0.235. The second kappa shape index (κ2) is 6.68. The number of carbonyl (C=O) groups excluding carboxylic acids is 1. The maximum Gasteiger partial charge on any atom is 0.257 e. The molecule has 0 radical (unpaired) electrons. The molecule has 2 aromatic heterocycles. The van der Waals surface area contributed by atoms with Gasteiger partial charge in [-0.2, -0.15) is 0 Å². The molecule has 0 saturated heterocycles. The molecule has 4 rings (SSSR count). The highest BCUT2D eigenvalue weighted by Crippen LogP contribution is 2.22. The maximum atomic E-state index is 13.1. The van der Waals surface area contributed by atoms with Crippen molar-refractivity contribution in [3.05, 3.63) is 71.0 Å². The highest BCUT2D eigenvalue weighted by Gasteiger charge is 2.17. The van der Waals surface area contributed by atoms with Gasteiger partial charge in [-0.25, -0.2) is 14.4 Å². The number of aromatic nitrogens is 3. The summed E-state index contributed by atoms with van der Waals surface area (Å²) in [6, 6.07) is 7.64. The zero-order valence-electron chi connectivity index (χ0n) is 14.9. The van der Waals surface area contributed by atoms with Crippen LogP contribution in [0.25, 0.3) is 22.6 Å². The topological polar surface area (TPSA) is 82.7 Å². The molecule has 1 aliphatic heterocycles. The molecule has 136 valence electrons. The summed E-state index contributed by atoms with van der Waals surface area (Å²) in [5, 5.41) is 6.17. The van der Waals surface area contributed by atoms with E-state index < -0.39 is 0 Å². The Kier molecular flexibility index (Phi) is 4.19. The Morgan fingerprint density at radius 2 is 1.96 bits per heavy atom. The first kappa shape index (κ1) is 17.0. The van der Waals surface area contributed by atoms with Crippen LogP contribution in [0.1, 0.15) is 24.2 Å². The molecular weight excluding hydrogens is 345 g/mol. The summed E-state index contributed by atoms with van der Waals surface area (Å²) in [6.45, 7) is 4.51. The lowest BCUT2D eigenvalue weighted by atomic mass is 10.1. The molecular formula is C20H18FN5O. The number of carbonyl (C=O) groups is 1. The van der Waals surface area contributed by atoms with E-state index in [0.29, 0.717) is 29.1 Å². The molecule has 3 N–H and O–H groups in total. The van der Waals surface area contributed by atoms with Gasteiger partial charge in [0.25, 0.3) is 5.91 Å². The van der Waals surface area contributed by atoms with E-state index >= 15 is 0 Å². The standard InChI is InChI=1S/C20H18FN5O/c1-11-9-12(2)23-10-16(11)24-20(27)15-7-8-22-19-17(15)25-18(26-19)13-3-5-14(21)6-4-13/h3-9,23H,10H2,1-2H3,(H,24,27)(H,22,25,26). The molecule has 27 heavy (non-hydrogen) atoms. The third-order valence-electron chi connectivity index (χ3n) is 4.47. The first-order valence-corrected chi connectivity index (χ1v) is 8.55. The van der Waals surface area contributed by atoms with Crippen molar-refractivity contribution < 1.29 is 9.18 Å². The summed E-state index contributed by atoms with van der Waals surface area (Å²) in [4.78, 5) is 24.6. The van der Waals surface area contributed by atoms with Gasteiger partial charge in [0.2, 0.25) is 0 Å². The zero-order valence-corrected chi connectivity index (χ0v) is 14.9. The van der Waals surface area contributed by atoms with Gasteiger partial charge < -0.3 is 15.6 Å². The predicted octanol–water partition coefficient (Wildman–Crippen LogP) is 3.27. The fourth-order valence-electron chi connectivity index (χ4n) is 3.02. The molecule has 6 nitrogen and oxygen atoms in total. The first-order chi connectivity index (χ1) is 13.0. The first-order valence-electron chi connectivity index (χ1n) is 8.55. The van der Waals surface area contributed by atoms with Gasteiger partial charge in [0.15, 0.2) is 5.65 Å². The summed E-state index contributed by atoms with van der Waals surface area (Å²) in [5.74, 6) is -0.0195. The second-order valence-corrected chi connectivity index (χ2v) is 6.45. The Bertz CT molecular complexity index is 1100. The van der Waals surface area contributed by atoms with Crippen LogP contribution in [-0.2, 0) is 0 Å². The molecule has 1 amide bonds. The number of pyridine rings is 1. The largest absolute Gasteiger partial charge is 0.383 e. The lowest BCUT2D eigenvalue weighted by Crippen LogP contribution is -2.32. The summed E-state index contributed by atoms with van der Waals surface area (Å²) >= 11 is 0. The van der Waals surface area contributed by atoms with Crippen LogP contribution in [0.15, 0.2) is 59.6 Å². The van der Waals surface area contributed by atoms with Gasteiger partial charge in [0.05, 0.1) is 17.6 Å². The molecule has 0 bridgehead atoms. The van der Waals surface area contributed by atoms with E-state index in [2.05, 4.69) is 25.6 Å². The average Bonchev–Trinajstić information content (AvgIpc) is 3.08. The van der Waals surface area contributed by atoms with Gasteiger partial charge in [-0.3, -0.25) is 4.79 Å². The Hall–Kier alpha value is -3.48. The summed E-state index contributed by atoms with van der Waals surface area (Å²) in [5.41, 5.74) is 5.06. The van der Waals surface area contributed by atoms with Crippen molar-refractivity contribution in [2.75, 3.05) is 6.54 Å². The third kappa shape index (κ3) is 3.31. The highest BCUT2D eigenvalue weighted by molar-refractivity contribution is 6.05. The normalized spacial score (nSPS) is 14.1. The van der Waals surface area contributed by atoms with Crippen LogP contribution in [0.4, 0.5) is 4.39 Å². The molecule has 7 heteroatoms. The lowest BCUT2D eigenvalue weighted by Gasteiger charge is -2.19. The predicted molar refractivity (Wildman–Crippen MR) is 101 cm³/mol. The second-order valence-electron chi connectivity index (χ2n) is 6.45. The summed E-state index contributed by atoms with van der Waals surface area (Å²) < 4.78 is 13.1. The summed E-state index contributed by atoms with van der Waals surface area (Å²) in [6.07, 6.45) is 3.54. The maximum absolute atomic E-state index is 13.1. The smallest absolute Gasteiger partial charge is 0.257 e. The number of rotatable bonds is 3. The number of fused-ring (bicyclic) bond motifs is 1. The third-order valence-corrected chi connectivity index (χ3v) is 4.47. The minimum atomic E-state index is -0.318. The van der Waals surface area contributed by atoms with Crippen molar-refractivity contribution in [1.82, 2.24) is 25.6 Å².